The van der Waals surface area contributed by atoms with E-state index in [9.17, 15) is 9.59 Å². The topological polar surface area (TPSA) is 49.4 Å². The Morgan fingerprint density at radius 2 is 1.89 bits per heavy atom. The van der Waals surface area contributed by atoms with E-state index in [1.165, 1.54) is 0 Å². The molecule has 28 heavy (non-hydrogen) atoms. The fraction of sp³-hybridized carbons (Fsp3) is 0.391. The summed E-state index contributed by atoms with van der Waals surface area (Å²) in [7, 11) is 0. The summed E-state index contributed by atoms with van der Waals surface area (Å²) in [6.45, 7) is 5.07. The number of unbranched alkanes of at least 4 members (excludes halogenated alkanes) is 1. The van der Waals surface area contributed by atoms with Crippen LogP contribution in [-0.4, -0.2) is 24.1 Å². The molecule has 2 aromatic carbocycles. The number of amides is 2. The summed E-state index contributed by atoms with van der Waals surface area (Å²) >= 11 is 1.75. The Morgan fingerprint density at radius 3 is 2.64 bits per heavy atom. The van der Waals surface area contributed by atoms with E-state index in [0.717, 1.165) is 41.3 Å². The van der Waals surface area contributed by atoms with Crippen molar-refractivity contribution in [2.45, 2.75) is 44.4 Å². The number of benzene rings is 2. The number of hydrogen-bond acceptors (Lipinski definition) is 3. The molecule has 2 amide bonds. The number of rotatable bonds is 7. The van der Waals surface area contributed by atoms with Crippen LogP contribution in [0.25, 0.3) is 0 Å². The zero-order chi connectivity index (χ0) is 19.9. The van der Waals surface area contributed by atoms with Gasteiger partial charge in [-0.15, -0.1) is 11.8 Å². The first-order chi connectivity index (χ1) is 13.5. The monoisotopic (exact) mass is 396 g/mol. The summed E-state index contributed by atoms with van der Waals surface area (Å²) < 4.78 is 0. The Hall–Kier alpha value is -2.27. The van der Waals surface area contributed by atoms with Gasteiger partial charge in [-0.2, -0.15) is 0 Å². The summed E-state index contributed by atoms with van der Waals surface area (Å²) in [5, 5.41) is 2.99. The third-order valence-corrected chi connectivity index (χ3v) is 5.85. The number of thioether (sulfide) groups is 1. The van der Waals surface area contributed by atoms with Gasteiger partial charge in [0.25, 0.3) is 5.91 Å². The zero-order valence-electron chi connectivity index (χ0n) is 16.6. The van der Waals surface area contributed by atoms with Gasteiger partial charge in [0.1, 0.15) is 0 Å². The van der Waals surface area contributed by atoms with Gasteiger partial charge in [0.05, 0.1) is 5.69 Å². The highest BCUT2D eigenvalue weighted by Crippen LogP contribution is 2.37. The summed E-state index contributed by atoms with van der Waals surface area (Å²) in [5.41, 5.74) is 2.31. The molecule has 1 N–H and O–H groups in total. The average molecular weight is 397 g/mol. The molecular weight excluding hydrogens is 368 g/mol. The van der Waals surface area contributed by atoms with Gasteiger partial charge in [0.2, 0.25) is 5.91 Å². The molecular formula is C23H28N2O2S. The van der Waals surface area contributed by atoms with Crippen LogP contribution in [0.15, 0.2) is 53.4 Å². The molecule has 0 spiro atoms. The molecule has 0 saturated carbocycles. The second-order valence-corrected chi connectivity index (χ2v) is 8.68. The molecule has 1 aliphatic heterocycles. The van der Waals surface area contributed by atoms with Gasteiger partial charge in [0.15, 0.2) is 0 Å². The molecule has 148 valence electrons. The smallest absolute Gasteiger partial charge is 0.258 e. The third kappa shape index (κ3) is 5.38. The Bertz CT molecular complexity index is 821. The predicted octanol–water partition coefficient (Wildman–Crippen LogP) is 5.59. The fourth-order valence-corrected chi connectivity index (χ4v) is 4.28. The molecule has 0 bridgehead atoms. The maximum Gasteiger partial charge on any atom is 0.258 e. The Morgan fingerprint density at radius 1 is 1.11 bits per heavy atom. The van der Waals surface area contributed by atoms with Crippen molar-refractivity contribution < 1.29 is 9.59 Å². The van der Waals surface area contributed by atoms with Crippen LogP contribution >= 0.6 is 11.8 Å². The lowest BCUT2D eigenvalue weighted by Crippen LogP contribution is -2.35. The minimum absolute atomic E-state index is 0.000637. The molecule has 0 unspecified atom stereocenters. The molecule has 5 heteroatoms. The number of hydrogen-bond donors (Lipinski definition) is 1. The van der Waals surface area contributed by atoms with Gasteiger partial charge in [-0.3, -0.25) is 9.59 Å². The van der Waals surface area contributed by atoms with Gasteiger partial charge < -0.3 is 10.2 Å². The van der Waals surface area contributed by atoms with Crippen molar-refractivity contribution in [2.75, 3.05) is 22.5 Å². The van der Waals surface area contributed by atoms with Gasteiger partial charge in [0, 0.05) is 34.9 Å². The maximum atomic E-state index is 13.0. The Labute approximate surface area is 171 Å². The zero-order valence-corrected chi connectivity index (χ0v) is 17.4. The minimum Gasteiger partial charge on any atom is -0.326 e. The summed E-state index contributed by atoms with van der Waals surface area (Å²) in [5.74, 6) is 1.58. The lowest BCUT2D eigenvalue weighted by atomic mass is 10.1. The van der Waals surface area contributed by atoms with Crippen LogP contribution in [0.1, 0.15) is 49.9 Å². The summed E-state index contributed by atoms with van der Waals surface area (Å²) in [4.78, 5) is 28.1. The quantitative estimate of drug-likeness (QED) is 0.620. The van der Waals surface area contributed by atoms with Gasteiger partial charge >= 0.3 is 0 Å². The van der Waals surface area contributed by atoms with Gasteiger partial charge in [-0.05, 0) is 42.7 Å². The largest absolute Gasteiger partial charge is 0.326 e. The normalized spacial score (nSPS) is 13.3. The van der Waals surface area contributed by atoms with Crippen LogP contribution in [0.2, 0.25) is 0 Å². The van der Waals surface area contributed by atoms with Crippen molar-refractivity contribution in [3.8, 4) is 0 Å². The first-order valence-electron chi connectivity index (χ1n) is 9.98. The number of nitrogens with one attached hydrogen (secondary N) is 1. The Balaban J connectivity index is 1.68. The number of carbonyl (C=O) groups is 2. The molecule has 0 aliphatic carbocycles. The van der Waals surface area contributed by atoms with E-state index in [2.05, 4.69) is 19.2 Å². The average Bonchev–Trinajstić information content (AvgIpc) is 2.71. The molecule has 4 nitrogen and oxygen atoms in total. The van der Waals surface area contributed by atoms with E-state index in [1.54, 1.807) is 11.8 Å². The van der Waals surface area contributed by atoms with Crippen LogP contribution in [0.4, 0.5) is 11.4 Å². The van der Waals surface area contributed by atoms with Crippen LogP contribution in [0.5, 0.6) is 0 Å². The van der Waals surface area contributed by atoms with Crippen LogP contribution in [0.3, 0.4) is 0 Å². The van der Waals surface area contributed by atoms with Gasteiger partial charge in [-0.1, -0.05) is 44.9 Å². The highest BCUT2D eigenvalue weighted by Gasteiger charge is 2.24. The molecule has 3 rings (SSSR count). The van der Waals surface area contributed by atoms with Crippen molar-refractivity contribution >= 4 is 35.0 Å². The lowest BCUT2D eigenvalue weighted by molar-refractivity contribution is -0.116. The van der Waals surface area contributed by atoms with E-state index < -0.39 is 0 Å². The third-order valence-electron chi connectivity index (χ3n) is 4.81. The number of nitrogens with zero attached hydrogens (tertiary/aromatic N) is 1. The van der Waals surface area contributed by atoms with Crippen LogP contribution in [0, 0.1) is 5.92 Å². The van der Waals surface area contributed by atoms with Crippen molar-refractivity contribution in [3.05, 3.63) is 54.1 Å². The number of anilines is 2. The first kappa shape index (κ1) is 20.5. The molecule has 2 aromatic rings. The molecule has 1 heterocycles. The van der Waals surface area contributed by atoms with Crippen molar-refractivity contribution in [3.63, 3.8) is 0 Å². The fourth-order valence-electron chi connectivity index (χ4n) is 3.30. The Kier molecular flexibility index (Phi) is 7.15. The molecule has 0 aromatic heterocycles. The number of fused-ring (bicyclic) bond motifs is 1. The van der Waals surface area contributed by atoms with Crippen LogP contribution < -0.4 is 10.2 Å². The van der Waals surface area contributed by atoms with E-state index >= 15 is 0 Å². The molecule has 0 saturated heterocycles. The minimum atomic E-state index is -0.000637. The van der Waals surface area contributed by atoms with Crippen LogP contribution in [-0.2, 0) is 4.79 Å². The molecule has 0 atom stereocenters. The number of carbonyl (C=O) groups excluding carboxylic acids is 2. The second kappa shape index (κ2) is 9.78. The van der Waals surface area contributed by atoms with Gasteiger partial charge in [-0.25, -0.2) is 0 Å². The SMILES string of the molecule is CC(C)CCCCC(=O)Nc1ccc2c(c1)N(C(=O)c1ccccc1)CCS2. The summed E-state index contributed by atoms with van der Waals surface area (Å²) in [6, 6.07) is 15.2. The molecule has 0 radical (unpaired) electrons. The van der Waals surface area contributed by atoms with E-state index in [-0.39, 0.29) is 11.8 Å². The van der Waals surface area contributed by atoms with E-state index in [4.69, 9.17) is 0 Å². The lowest BCUT2D eigenvalue weighted by Gasteiger charge is -2.29. The van der Waals surface area contributed by atoms with E-state index in [1.807, 2.05) is 53.4 Å². The first-order valence-corrected chi connectivity index (χ1v) is 11.0. The van der Waals surface area contributed by atoms with Crippen molar-refractivity contribution in [1.29, 1.82) is 0 Å². The highest BCUT2D eigenvalue weighted by atomic mass is 32.2. The second-order valence-electron chi connectivity index (χ2n) is 7.54. The predicted molar refractivity (Wildman–Crippen MR) is 117 cm³/mol. The van der Waals surface area contributed by atoms with Crippen molar-refractivity contribution in [2.24, 2.45) is 5.92 Å². The summed E-state index contributed by atoms with van der Waals surface area (Å²) in [6.07, 6.45) is 3.67. The molecule has 1 aliphatic rings. The maximum absolute atomic E-state index is 13.0. The highest BCUT2D eigenvalue weighted by molar-refractivity contribution is 7.99. The molecule has 0 fully saturated rings. The standard InChI is InChI=1S/C23H28N2O2S/c1-17(2)8-6-7-11-22(26)24-19-12-13-21-20(16-19)25(14-15-28-21)23(27)18-9-4-3-5-10-18/h3-5,9-10,12-13,16-17H,6-8,11,14-15H2,1-2H3,(H,24,26). The van der Waals surface area contributed by atoms with E-state index in [0.29, 0.717) is 24.4 Å². The van der Waals surface area contributed by atoms with Crippen molar-refractivity contribution in [1.82, 2.24) is 0 Å².